The van der Waals surface area contributed by atoms with Gasteiger partial charge in [-0.05, 0) is 31.4 Å². The third-order valence-electron chi connectivity index (χ3n) is 5.22. The maximum Gasteiger partial charge on any atom is 0.310 e. The molecule has 3 rings (SSSR count). The monoisotopic (exact) mass is 449 g/mol. The highest BCUT2D eigenvalue weighted by Crippen LogP contribution is 2.32. The number of carbonyl (C=O) groups excluding carboxylic acids is 1. The van der Waals surface area contributed by atoms with E-state index in [0.717, 1.165) is 43.7 Å². The number of carbonyl (C=O) groups is 1. The third kappa shape index (κ3) is 7.87. The molecular weight excluding hydrogens is 414 g/mol. The van der Waals surface area contributed by atoms with Crippen molar-refractivity contribution in [2.45, 2.75) is 38.7 Å². The number of ether oxygens (including phenoxy) is 5. The van der Waals surface area contributed by atoms with Gasteiger partial charge >= 0.3 is 5.97 Å². The second-order valence-electron chi connectivity index (χ2n) is 7.94. The Labute approximate surface area is 189 Å². The van der Waals surface area contributed by atoms with Crippen LogP contribution in [0.1, 0.15) is 32.6 Å². The number of esters is 1. The van der Waals surface area contributed by atoms with Crippen LogP contribution in [0.15, 0.2) is 23.2 Å². The summed E-state index contributed by atoms with van der Waals surface area (Å²) in [5.41, 5.74) is 0.820. The molecule has 1 fully saturated rings. The molecule has 1 saturated heterocycles. The van der Waals surface area contributed by atoms with Crippen LogP contribution in [0.25, 0.3) is 0 Å². The molecule has 2 aliphatic rings. The zero-order valence-electron chi connectivity index (χ0n) is 19.1. The Morgan fingerprint density at radius 2 is 2.06 bits per heavy atom. The van der Waals surface area contributed by atoms with Crippen LogP contribution in [0.3, 0.4) is 0 Å². The van der Waals surface area contributed by atoms with Crippen LogP contribution in [0.2, 0.25) is 0 Å². The van der Waals surface area contributed by atoms with Gasteiger partial charge < -0.3 is 34.3 Å². The van der Waals surface area contributed by atoms with Gasteiger partial charge in [-0.15, -0.1) is 0 Å². The molecule has 0 radical (unpaired) electrons. The lowest BCUT2D eigenvalue weighted by Gasteiger charge is -2.16. The first-order chi connectivity index (χ1) is 15.7. The van der Waals surface area contributed by atoms with E-state index in [4.69, 9.17) is 23.7 Å². The fourth-order valence-electron chi connectivity index (χ4n) is 3.39. The summed E-state index contributed by atoms with van der Waals surface area (Å²) in [6.07, 6.45) is 4.10. The molecule has 9 nitrogen and oxygen atoms in total. The van der Waals surface area contributed by atoms with Crippen molar-refractivity contribution in [2.75, 3.05) is 58.6 Å². The maximum atomic E-state index is 11.7. The number of nitrogens with zero attached hydrogens (tertiary/aromatic N) is 1. The third-order valence-corrected chi connectivity index (χ3v) is 5.22. The summed E-state index contributed by atoms with van der Waals surface area (Å²) in [7, 11) is 1.38. The molecule has 9 heteroatoms. The predicted octanol–water partition coefficient (Wildman–Crippen LogP) is 2.60. The first-order valence-corrected chi connectivity index (χ1v) is 11.4. The van der Waals surface area contributed by atoms with Gasteiger partial charge in [0.25, 0.3) is 0 Å². The Morgan fingerprint density at radius 3 is 2.84 bits per heavy atom. The Morgan fingerprint density at radius 1 is 1.22 bits per heavy atom. The number of anilines is 1. The molecule has 1 aromatic carbocycles. The molecule has 2 heterocycles. The summed E-state index contributed by atoms with van der Waals surface area (Å²) in [4.78, 5) is 16.3. The molecule has 0 saturated carbocycles. The van der Waals surface area contributed by atoms with E-state index in [1.165, 1.54) is 7.11 Å². The summed E-state index contributed by atoms with van der Waals surface area (Å²) in [6.45, 7) is 6.17. The molecule has 2 unspecified atom stereocenters. The van der Waals surface area contributed by atoms with E-state index in [1.807, 2.05) is 18.2 Å². The number of guanidine groups is 1. The van der Waals surface area contributed by atoms with E-state index in [-0.39, 0.29) is 18.0 Å². The SMILES string of the molecule is COC(=O)C(C)CN=C(NCCCOCC1CCCO1)Nc1ccc2c(c1)OCCCO2. The van der Waals surface area contributed by atoms with Crippen LogP contribution < -0.4 is 20.1 Å². The minimum Gasteiger partial charge on any atom is -0.490 e. The molecule has 0 spiro atoms. The first kappa shape index (κ1) is 24.1. The van der Waals surface area contributed by atoms with Gasteiger partial charge in [-0.1, -0.05) is 6.92 Å². The van der Waals surface area contributed by atoms with E-state index in [0.29, 0.717) is 51.2 Å². The van der Waals surface area contributed by atoms with Crippen molar-refractivity contribution in [3.8, 4) is 11.5 Å². The minimum atomic E-state index is -0.336. The van der Waals surface area contributed by atoms with Gasteiger partial charge in [-0.25, -0.2) is 0 Å². The van der Waals surface area contributed by atoms with Gasteiger partial charge in [-0.3, -0.25) is 9.79 Å². The van der Waals surface area contributed by atoms with Gasteiger partial charge in [0.15, 0.2) is 17.5 Å². The molecule has 2 N–H and O–H groups in total. The second-order valence-corrected chi connectivity index (χ2v) is 7.94. The molecule has 178 valence electrons. The van der Waals surface area contributed by atoms with Crippen molar-refractivity contribution in [1.29, 1.82) is 0 Å². The highest BCUT2D eigenvalue weighted by molar-refractivity contribution is 5.94. The molecule has 0 bridgehead atoms. The minimum absolute atomic E-state index is 0.237. The molecule has 2 aliphatic heterocycles. The van der Waals surface area contributed by atoms with Crippen molar-refractivity contribution in [2.24, 2.45) is 10.9 Å². The van der Waals surface area contributed by atoms with E-state index in [9.17, 15) is 4.79 Å². The van der Waals surface area contributed by atoms with E-state index >= 15 is 0 Å². The quantitative estimate of drug-likeness (QED) is 0.243. The number of aliphatic imine (C=N–C) groups is 1. The van der Waals surface area contributed by atoms with Crippen molar-refractivity contribution in [1.82, 2.24) is 5.32 Å². The lowest BCUT2D eigenvalue weighted by atomic mass is 10.2. The molecule has 2 atom stereocenters. The Hall–Kier alpha value is -2.52. The smallest absolute Gasteiger partial charge is 0.310 e. The Bertz CT molecular complexity index is 751. The number of hydrogen-bond acceptors (Lipinski definition) is 7. The maximum absolute atomic E-state index is 11.7. The van der Waals surface area contributed by atoms with Gasteiger partial charge in [0, 0.05) is 37.9 Å². The summed E-state index contributed by atoms with van der Waals surface area (Å²) in [6, 6.07) is 5.70. The van der Waals surface area contributed by atoms with E-state index in [1.54, 1.807) is 6.92 Å². The topological polar surface area (TPSA) is 99.6 Å². The van der Waals surface area contributed by atoms with Crippen LogP contribution >= 0.6 is 0 Å². The van der Waals surface area contributed by atoms with Crippen LogP contribution in [0.5, 0.6) is 11.5 Å². The number of fused-ring (bicyclic) bond motifs is 1. The highest BCUT2D eigenvalue weighted by atomic mass is 16.5. The summed E-state index contributed by atoms with van der Waals surface area (Å²) in [5.74, 6) is 1.40. The Balaban J connectivity index is 1.52. The fourth-order valence-corrected chi connectivity index (χ4v) is 3.39. The van der Waals surface area contributed by atoms with E-state index in [2.05, 4.69) is 15.6 Å². The molecule has 0 aliphatic carbocycles. The molecule has 0 aromatic heterocycles. The van der Waals surface area contributed by atoms with Gasteiger partial charge in [0.2, 0.25) is 0 Å². The number of rotatable bonds is 10. The van der Waals surface area contributed by atoms with Crippen LogP contribution in [0.4, 0.5) is 5.69 Å². The van der Waals surface area contributed by atoms with Crippen LogP contribution in [-0.4, -0.2) is 71.3 Å². The summed E-state index contributed by atoms with van der Waals surface area (Å²) in [5, 5.41) is 6.59. The van der Waals surface area contributed by atoms with E-state index < -0.39 is 0 Å². The second kappa shape index (κ2) is 13.1. The average Bonchev–Trinajstić information content (AvgIpc) is 3.22. The highest BCUT2D eigenvalue weighted by Gasteiger charge is 2.16. The zero-order valence-corrected chi connectivity index (χ0v) is 19.1. The van der Waals surface area contributed by atoms with Gasteiger partial charge in [-0.2, -0.15) is 0 Å². The Kier molecular flexibility index (Phi) is 9.90. The molecule has 1 aromatic rings. The lowest BCUT2D eigenvalue weighted by Crippen LogP contribution is -2.33. The van der Waals surface area contributed by atoms with Crippen LogP contribution in [-0.2, 0) is 19.0 Å². The van der Waals surface area contributed by atoms with Crippen molar-refractivity contribution < 1.29 is 28.5 Å². The van der Waals surface area contributed by atoms with Crippen molar-refractivity contribution in [3.63, 3.8) is 0 Å². The molecular formula is C23H35N3O6. The number of nitrogens with one attached hydrogen (secondary N) is 2. The predicted molar refractivity (Wildman–Crippen MR) is 122 cm³/mol. The summed E-state index contributed by atoms with van der Waals surface area (Å²) < 4.78 is 27.5. The average molecular weight is 450 g/mol. The van der Waals surface area contributed by atoms with Gasteiger partial charge in [0.1, 0.15) is 0 Å². The lowest BCUT2D eigenvalue weighted by molar-refractivity contribution is -0.144. The van der Waals surface area contributed by atoms with Crippen molar-refractivity contribution in [3.05, 3.63) is 18.2 Å². The van der Waals surface area contributed by atoms with Crippen molar-refractivity contribution >= 4 is 17.6 Å². The molecule has 0 amide bonds. The van der Waals surface area contributed by atoms with Gasteiger partial charge in [0.05, 0.1) is 45.5 Å². The fraction of sp³-hybridized carbons (Fsp3) is 0.652. The van der Waals surface area contributed by atoms with Crippen LogP contribution in [0, 0.1) is 5.92 Å². The largest absolute Gasteiger partial charge is 0.490 e. The number of methoxy groups -OCH3 is 1. The summed E-state index contributed by atoms with van der Waals surface area (Å²) >= 11 is 0. The number of hydrogen-bond donors (Lipinski definition) is 2. The zero-order chi connectivity index (χ0) is 22.6. The normalized spacial score (nSPS) is 19.2. The molecule has 32 heavy (non-hydrogen) atoms. The number of benzene rings is 1. The first-order valence-electron chi connectivity index (χ1n) is 11.4. The standard InChI is InChI=1S/C23H35N3O6/c1-17(22(27)28-2)15-25-23(24-9-4-10-29-16-19-6-3-11-30-19)26-18-7-8-20-21(14-18)32-13-5-12-31-20/h7-8,14,17,19H,3-6,9-13,15-16H2,1-2H3,(H2,24,25,26).